The molecule has 1 amide bonds. The van der Waals surface area contributed by atoms with E-state index in [1.54, 1.807) is 11.1 Å². The second kappa shape index (κ2) is 8.51. The molecule has 2 aliphatic heterocycles. The third-order valence-corrected chi connectivity index (χ3v) is 6.82. The van der Waals surface area contributed by atoms with Crippen LogP contribution in [0.25, 0.3) is 10.2 Å². The van der Waals surface area contributed by atoms with Crippen LogP contribution in [0.4, 0.5) is 10.3 Å². The number of rotatable bonds is 7. The predicted octanol–water partition coefficient (Wildman–Crippen LogP) is 3.08. The minimum Gasteiger partial charge on any atom is -0.380 e. The topological polar surface area (TPSA) is 97.3 Å². The number of amides is 1. The molecule has 5 heterocycles. The lowest BCUT2D eigenvalue weighted by molar-refractivity contribution is -0.138. The number of pyridine rings is 1. The predicted molar refractivity (Wildman–Crippen MR) is 117 cm³/mol. The minimum absolute atomic E-state index is 0.0243. The molecule has 3 aromatic rings. The van der Waals surface area contributed by atoms with Crippen molar-refractivity contribution in [1.29, 1.82) is 0 Å². The van der Waals surface area contributed by atoms with Crippen molar-refractivity contribution in [3.8, 4) is 0 Å². The lowest BCUT2D eigenvalue weighted by Gasteiger charge is -2.39. The Morgan fingerprint density at radius 3 is 2.84 bits per heavy atom. The summed E-state index contributed by atoms with van der Waals surface area (Å²) in [4.78, 5) is 39.9. The summed E-state index contributed by atoms with van der Waals surface area (Å²) in [5.74, 6) is 0.147. The summed E-state index contributed by atoms with van der Waals surface area (Å²) in [6.45, 7) is 3.98. The van der Waals surface area contributed by atoms with Crippen LogP contribution in [0, 0.1) is 17.7 Å². The number of ketones is 1. The third kappa shape index (κ3) is 4.07. The zero-order chi connectivity index (χ0) is 22.2. The first-order valence-corrected chi connectivity index (χ1v) is 11.4. The molecule has 0 spiro atoms. The molecule has 32 heavy (non-hydrogen) atoms. The fraction of sp³-hybridized carbons (Fsp3) is 0.409. The molecule has 0 bridgehead atoms. The van der Waals surface area contributed by atoms with Crippen molar-refractivity contribution in [2.24, 2.45) is 11.8 Å². The Kier molecular flexibility index (Phi) is 5.56. The number of nitrogens with one attached hydrogen (secondary N) is 1. The van der Waals surface area contributed by atoms with Gasteiger partial charge in [-0.15, -0.1) is 11.3 Å². The van der Waals surface area contributed by atoms with Gasteiger partial charge >= 0.3 is 0 Å². The first-order chi connectivity index (χ1) is 15.5. The summed E-state index contributed by atoms with van der Waals surface area (Å²) < 4.78 is 19.3. The van der Waals surface area contributed by atoms with E-state index in [1.807, 2.05) is 18.4 Å². The molecular formula is C22H22FN5O3S. The monoisotopic (exact) mass is 455 g/mol. The van der Waals surface area contributed by atoms with E-state index < -0.39 is 5.82 Å². The molecule has 8 nitrogen and oxygen atoms in total. The molecule has 2 aliphatic rings. The van der Waals surface area contributed by atoms with Gasteiger partial charge in [0.15, 0.2) is 5.69 Å². The van der Waals surface area contributed by atoms with Crippen LogP contribution in [0.15, 0.2) is 29.9 Å². The fourth-order valence-corrected chi connectivity index (χ4v) is 4.71. The largest absolute Gasteiger partial charge is 0.380 e. The van der Waals surface area contributed by atoms with Gasteiger partial charge in [-0.3, -0.25) is 14.6 Å². The number of carbonyl (C=O) groups is 2. The molecule has 0 aliphatic carbocycles. The molecule has 0 aromatic carbocycles. The Morgan fingerprint density at radius 2 is 2.12 bits per heavy atom. The zero-order valence-electron chi connectivity index (χ0n) is 17.5. The van der Waals surface area contributed by atoms with Crippen molar-refractivity contribution < 1.29 is 18.7 Å². The summed E-state index contributed by atoms with van der Waals surface area (Å²) in [6.07, 6.45) is 3.21. The number of fused-ring (bicyclic) bond motifs is 1. The fourth-order valence-electron chi connectivity index (χ4n) is 3.90. The molecule has 0 unspecified atom stereocenters. The summed E-state index contributed by atoms with van der Waals surface area (Å²) in [5, 5.41) is 5.02. The van der Waals surface area contributed by atoms with Gasteiger partial charge in [0.2, 0.25) is 5.95 Å². The van der Waals surface area contributed by atoms with Crippen LogP contribution < -0.4 is 5.32 Å². The van der Waals surface area contributed by atoms with E-state index in [2.05, 4.69) is 20.3 Å². The third-order valence-electron chi connectivity index (χ3n) is 5.91. The Morgan fingerprint density at radius 1 is 1.31 bits per heavy atom. The Bertz CT molecular complexity index is 1180. The van der Waals surface area contributed by atoms with Crippen LogP contribution >= 0.6 is 11.3 Å². The number of carbonyl (C=O) groups excluding carboxylic acids is 2. The number of halogens is 1. The molecule has 0 radical (unpaired) electrons. The van der Waals surface area contributed by atoms with Gasteiger partial charge in [-0.05, 0) is 30.0 Å². The number of likely N-dealkylation sites (tertiary alicyclic amines) is 1. The smallest absolute Gasteiger partial charge is 0.274 e. The molecule has 0 saturated carbocycles. The number of anilines is 1. The highest BCUT2D eigenvalue weighted by Crippen LogP contribution is 2.29. The van der Waals surface area contributed by atoms with Gasteiger partial charge in [-0.1, -0.05) is 0 Å². The molecule has 166 valence electrons. The maximum atomic E-state index is 13.5. The highest BCUT2D eigenvalue weighted by molar-refractivity contribution is 7.17. The summed E-state index contributed by atoms with van der Waals surface area (Å²) in [7, 11) is 0. The quantitative estimate of drug-likeness (QED) is 0.585. The first kappa shape index (κ1) is 20.9. The van der Waals surface area contributed by atoms with E-state index in [0.717, 1.165) is 10.9 Å². The minimum atomic E-state index is -0.420. The number of thiophene rings is 1. The number of hydrogen-bond acceptors (Lipinski definition) is 8. The van der Waals surface area contributed by atoms with Gasteiger partial charge < -0.3 is 15.0 Å². The average molecular weight is 456 g/mol. The van der Waals surface area contributed by atoms with Gasteiger partial charge in [0.25, 0.3) is 5.91 Å². The van der Waals surface area contributed by atoms with Crippen LogP contribution in [0.2, 0.25) is 0 Å². The Labute approximate surface area is 187 Å². The summed E-state index contributed by atoms with van der Waals surface area (Å²) in [6, 6.07) is 2.94. The maximum absolute atomic E-state index is 13.5. The number of ether oxygens (including phenoxy) is 1. The van der Waals surface area contributed by atoms with Crippen molar-refractivity contribution in [2.75, 3.05) is 31.6 Å². The Hall–Kier alpha value is -2.98. The number of Topliss-reactive ketones (excluding diaryl/α,β-unsaturated/α-hetero) is 1. The molecule has 1 N–H and O–H groups in total. The highest BCUT2D eigenvalue weighted by atomic mass is 32.1. The van der Waals surface area contributed by atoms with Gasteiger partial charge in [0, 0.05) is 31.6 Å². The SMILES string of the molecule is C[C@H](Nc1nc(C(=O)N2CC(CC(=O)C3COC3)C2)c2sccc2n1)c1cncc(F)c1. The molecule has 5 rings (SSSR count). The first-order valence-electron chi connectivity index (χ1n) is 10.5. The molecule has 3 aromatic heterocycles. The van der Waals surface area contributed by atoms with Gasteiger partial charge in [0.1, 0.15) is 11.6 Å². The second-order valence-electron chi connectivity index (χ2n) is 8.31. The second-order valence-corrected chi connectivity index (χ2v) is 9.23. The lowest BCUT2D eigenvalue weighted by Crippen LogP contribution is -2.51. The van der Waals surface area contributed by atoms with Crippen LogP contribution in [-0.4, -0.2) is 57.8 Å². The van der Waals surface area contributed by atoms with E-state index in [-0.39, 0.29) is 29.6 Å². The summed E-state index contributed by atoms with van der Waals surface area (Å²) in [5.41, 5.74) is 1.67. The molecular weight excluding hydrogens is 433 g/mol. The number of nitrogens with zero attached hydrogens (tertiary/aromatic N) is 4. The average Bonchev–Trinajstić information content (AvgIpc) is 3.16. The van der Waals surface area contributed by atoms with E-state index in [0.29, 0.717) is 55.4 Å². The van der Waals surface area contributed by atoms with Crippen LogP contribution in [0.1, 0.15) is 35.4 Å². The van der Waals surface area contributed by atoms with Gasteiger partial charge in [0.05, 0.1) is 41.6 Å². The van der Waals surface area contributed by atoms with E-state index in [4.69, 9.17) is 4.74 Å². The van der Waals surface area contributed by atoms with Crippen LogP contribution in [0.5, 0.6) is 0 Å². The molecule has 10 heteroatoms. The van der Waals surface area contributed by atoms with Gasteiger partial charge in [-0.2, -0.15) is 0 Å². The van der Waals surface area contributed by atoms with Gasteiger partial charge in [-0.25, -0.2) is 14.4 Å². The van der Waals surface area contributed by atoms with Crippen molar-refractivity contribution in [1.82, 2.24) is 19.9 Å². The van der Waals surface area contributed by atoms with Crippen molar-refractivity contribution >= 4 is 39.2 Å². The highest BCUT2D eigenvalue weighted by Gasteiger charge is 2.37. The maximum Gasteiger partial charge on any atom is 0.274 e. The van der Waals surface area contributed by atoms with E-state index in [9.17, 15) is 14.0 Å². The lowest BCUT2D eigenvalue weighted by atomic mass is 9.88. The molecule has 2 saturated heterocycles. The van der Waals surface area contributed by atoms with Crippen molar-refractivity contribution in [2.45, 2.75) is 19.4 Å². The van der Waals surface area contributed by atoms with Crippen LogP contribution in [0.3, 0.4) is 0 Å². The van der Waals surface area contributed by atoms with Crippen molar-refractivity contribution in [3.05, 3.63) is 47.0 Å². The normalized spacial score (nSPS) is 17.6. The molecule has 2 fully saturated rings. The number of hydrogen-bond donors (Lipinski definition) is 1. The zero-order valence-corrected chi connectivity index (χ0v) is 18.3. The van der Waals surface area contributed by atoms with E-state index >= 15 is 0 Å². The Balaban J connectivity index is 1.30. The van der Waals surface area contributed by atoms with Crippen LogP contribution in [-0.2, 0) is 9.53 Å². The molecule has 1 atom stereocenters. The standard InChI is InChI=1S/C22H22FN5O3S/c1-12(14-5-16(23)7-24-6-14)25-22-26-17-2-3-32-20(17)19(27-22)21(30)28-8-13(9-28)4-18(29)15-10-31-11-15/h2-3,5-7,12-13,15H,4,8-11H2,1H3,(H,25,26,27)/t12-/m0/s1. The van der Waals surface area contributed by atoms with Crippen molar-refractivity contribution in [3.63, 3.8) is 0 Å². The number of aromatic nitrogens is 3. The summed E-state index contributed by atoms with van der Waals surface area (Å²) >= 11 is 1.42. The van der Waals surface area contributed by atoms with E-state index in [1.165, 1.54) is 17.4 Å².